The lowest BCUT2D eigenvalue weighted by atomic mass is 10.0. The van der Waals surface area contributed by atoms with E-state index in [1.165, 1.54) is 6.20 Å². The Morgan fingerprint density at radius 3 is 2.73 bits per heavy atom. The Labute approximate surface area is 176 Å². The first-order chi connectivity index (χ1) is 14.6. The van der Waals surface area contributed by atoms with Crippen LogP contribution in [0.15, 0.2) is 48.8 Å². The van der Waals surface area contributed by atoms with E-state index >= 15 is 0 Å². The quantitative estimate of drug-likeness (QED) is 0.698. The number of amides is 1. The number of hydrogen-bond acceptors (Lipinski definition) is 7. The number of carbonyl (C=O) groups is 2. The summed E-state index contributed by atoms with van der Waals surface area (Å²) in [5, 5.41) is 2.91. The van der Waals surface area contributed by atoms with Gasteiger partial charge in [0.25, 0.3) is 0 Å². The summed E-state index contributed by atoms with van der Waals surface area (Å²) in [4.78, 5) is 30.4. The minimum Gasteiger partial charge on any atom is -0.462 e. The fourth-order valence-corrected chi connectivity index (χ4v) is 3.40. The van der Waals surface area contributed by atoms with Gasteiger partial charge in [-0.3, -0.25) is 4.98 Å². The fraction of sp³-hybridized carbons (Fsp3) is 0.409. The van der Waals surface area contributed by atoms with E-state index in [1.807, 2.05) is 30.3 Å². The lowest BCUT2D eigenvalue weighted by Gasteiger charge is -2.38. The number of rotatable bonds is 7. The Kier molecular flexibility index (Phi) is 7.62. The predicted octanol–water partition coefficient (Wildman–Crippen LogP) is 2.78. The molecule has 8 heteroatoms. The van der Waals surface area contributed by atoms with Crippen LogP contribution in [0.4, 0.5) is 10.5 Å². The SMILES string of the molecule is CCOC(=O)c1cncc(N2CCC(NC(=O)OCc3ccccc3)C(OC)C2)c1. The molecule has 0 radical (unpaired) electrons. The van der Waals surface area contributed by atoms with E-state index in [0.717, 1.165) is 11.3 Å². The van der Waals surface area contributed by atoms with Gasteiger partial charge in [0.15, 0.2) is 0 Å². The van der Waals surface area contributed by atoms with E-state index in [4.69, 9.17) is 14.2 Å². The maximum absolute atomic E-state index is 12.2. The zero-order valence-electron chi connectivity index (χ0n) is 17.2. The van der Waals surface area contributed by atoms with Crippen molar-refractivity contribution in [2.24, 2.45) is 0 Å². The molecule has 0 spiro atoms. The van der Waals surface area contributed by atoms with E-state index in [0.29, 0.717) is 31.7 Å². The van der Waals surface area contributed by atoms with Gasteiger partial charge in [-0.25, -0.2) is 9.59 Å². The summed E-state index contributed by atoms with van der Waals surface area (Å²) in [6, 6.07) is 11.1. The second kappa shape index (κ2) is 10.6. The zero-order valence-corrected chi connectivity index (χ0v) is 17.2. The van der Waals surface area contributed by atoms with Crippen LogP contribution in [-0.2, 0) is 20.8 Å². The van der Waals surface area contributed by atoms with Crippen LogP contribution in [0.2, 0.25) is 0 Å². The van der Waals surface area contributed by atoms with Gasteiger partial charge in [-0.05, 0) is 25.0 Å². The van der Waals surface area contributed by atoms with Crippen molar-refractivity contribution in [3.05, 3.63) is 59.9 Å². The first-order valence-corrected chi connectivity index (χ1v) is 9.97. The average molecular weight is 413 g/mol. The minimum absolute atomic E-state index is 0.171. The summed E-state index contributed by atoms with van der Waals surface area (Å²) in [5.74, 6) is -0.396. The zero-order chi connectivity index (χ0) is 21.3. The van der Waals surface area contributed by atoms with Crippen LogP contribution in [0.3, 0.4) is 0 Å². The molecule has 1 aliphatic rings. The summed E-state index contributed by atoms with van der Waals surface area (Å²) in [6.45, 7) is 3.52. The number of anilines is 1. The average Bonchev–Trinajstić information content (AvgIpc) is 2.79. The number of ether oxygens (including phenoxy) is 3. The number of carbonyl (C=O) groups excluding carboxylic acids is 2. The third-order valence-corrected chi connectivity index (χ3v) is 4.98. The number of nitrogens with zero attached hydrogens (tertiary/aromatic N) is 2. The normalized spacial score (nSPS) is 18.5. The Morgan fingerprint density at radius 1 is 1.20 bits per heavy atom. The Balaban J connectivity index is 1.56. The predicted molar refractivity (Wildman–Crippen MR) is 111 cm³/mol. The summed E-state index contributed by atoms with van der Waals surface area (Å²) in [7, 11) is 1.62. The van der Waals surface area contributed by atoms with E-state index < -0.39 is 12.1 Å². The summed E-state index contributed by atoms with van der Waals surface area (Å²) < 4.78 is 16.0. The number of methoxy groups -OCH3 is 1. The molecule has 1 fully saturated rings. The van der Waals surface area contributed by atoms with Gasteiger partial charge in [0, 0.05) is 26.4 Å². The molecule has 2 atom stereocenters. The third kappa shape index (κ3) is 5.70. The van der Waals surface area contributed by atoms with Crippen molar-refractivity contribution in [1.29, 1.82) is 0 Å². The van der Waals surface area contributed by atoms with Gasteiger partial charge in [-0.2, -0.15) is 0 Å². The Bertz CT molecular complexity index is 846. The molecule has 1 amide bonds. The lowest BCUT2D eigenvalue weighted by Crippen LogP contribution is -2.55. The highest BCUT2D eigenvalue weighted by Crippen LogP contribution is 2.22. The Morgan fingerprint density at radius 2 is 2.00 bits per heavy atom. The van der Waals surface area contributed by atoms with E-state index in [2.05, 4.69) is 15.2 Å². The number of esters is 1. The molecule has 1 saturated heterocycles. The van der Waals surface area contributed by atoms with Crippen LogP contribution >= 0.6 is 0 Å². The van der Waals surface area contributed by atoms with E-state index in [9.17, 15) is 9.59 Å². The maximum Gasteiger partial charge on any atom is 0.407 e. The van der Waals surface area contributed by atoms with Crippen molar-refractivity contribution in [2.45, 2.75) is 32.1 Å². The van der Waals surface area contributed by atoms with E-state index in [-0.39, 0.29) is 18.8 Å². The summed E-state index contributed by atoms with van der Waals surface area (Å²) in [6.07, 6.45) is 3.17. The number of aromatic nitrogens is 1. The molecule has 1 aromatic heterocycles. The highest BCUT2D eigenvalue weighted by molar-refractivity contribution is 5.90. The molecule has 160 valence electrons. The monoisotopic (exact) mass is 413 g/mol. The molecule has 1 aliphatic heterocycles. The number of piperidine rings is 1. The molecule has 3 rings (SSSR count). The minimum atomic E-state index is -0.467. The second-order valence-electron chi connectivity index (χ2n) is 6.97. The highest BCUT2D eigenvalue weighted by atomic mass is 16.5. The van der Waals surface area contributed by atoms with Crippen molar-refractivity contribution >= 4 is 17.7 Å². The van der Waals surface area contributed by atoms with Gasteiger partial charge in [-0.15, -0.1) is 0 Å². The fourth-order valence-electron chi connectivity index (χ4n) is 3.40. The van der Waals surface area contributed by atoms with Crippen molar-refractivity contribution < 1.29 is 23.8 Å². The number of alkyl carbamates (subject to hydrolysis) is 1. The molecule has 1 N–H and O–H groups in total. The number of nitrogens with one attached hydrogen (secondary N) is 1. The number of hydrogen-bond donors (Lipinski definition) is 1. The molecule has 0 aliphatic carbocycles. The molecule has 2 heterocycles. The third-order valence-electron chi connectivity index (χ3n) is 4.98. The lowest BCUT2D eigenvalue weighted by molar-refractivity contribution is 0.0524. The van der Waals surface area contributed by atoms with Crippen LogP contribution in [0, 0.1) is 0 Å². The van der Waals surface area contributed by atoms with Gasteiger partial charge < -0.3 is 24.4 Å². The van der Waals surface area contributed by atoms with Gasteiger partial charge >= 0.3 is 12.1 Å². The smallest absolute Gasteiger partial charge is 0.407 e. The standard InChI is InChI=1S/C22H27N3O5/c1-3-29-21(26)17-11-18(13-23-12-17)25-10-9-19(20(14-25)28-2)24-22(27)30-15-16-7-5-4-6-8-16/h4-8,11-13,19-20H,3,9-10,14-15H2,1-2H3,(H,24,27). The Hall–Kier alpha value is -3.13. The number of pyridine rings is 1. The van der Waals surface area contributed by atoms with Crippen molar-refractivity contribution in [1.82, 2.24) is 10.3 Å². The molecule has 0 bridgehead atoms. The van der Waals surface area contributed by atoms with E-state index in [1.54, 1.807) is 26.3 Å². The summed E-state index contributed by atoms with van der Waals surface area (Å²) in [5.41, 5.74) is 2.15. The molecular weight excluding hydrogens is 386 g/mol. The molecular formula is C22H27N3O5. The summed E-state index contributed by atoms with van der Waals surface area (Å²) >= 11 is 0. The molecule has 2 aromatic rings. The van der Waals surface area contributed by atoms with Crippen molar-refractivity contribution in [3.63, 3.8) is 0 Å². The van der Waals surface area contributed by atoms with Gasteiger partial charge in [0.05, 0.1) is 36.2 Å². The largest absolute Gasteiger partial charge is 0.462 e. The van der Waals surface area contributed by atoms with Crippen LogP contribution in [0.5, 0.6) is 0 Å². The van der Waals surface area contributed by atoms with Crippen molar-refractivity contribution in [3.8, 4) is 0 Å². The number of benzene rings is 1. The topological polar surface area (TPSA) is 90.0 Å². The van der Waals surface area contributed by atoms with Crippen molar-refractivity contribution in [2.75, 3.05) is 31.7 Å². The first kappa shape index (κ1) is 21.6. The van der Waals surface area contributed by atoms with Crippen LogP contribution in [0.1, 0.15) is 29.3 Å². The second-order valence-corrected chi connectivity index (χ2v) is 6.97. The first-order valence-electron chi connectivity index (χ1n) is 9.97. The molecule has 1 aromatic carbocycles. The van der Waals surface area contributed by atoms with Crippen LogP contribution in [0.25, 0.3) is 0 Å². The van der Waals surface area contributed by atoms with Crippen LogP contribution < -0.4 is 10.2 Å². The van der Waals surface area contributed by atoms with Gasteiger partial charge in [0.2, 0.25) is 0 Å². The highest BCUT2D eigenvalue weighted by Gasteiger charge is 2.31. The molecule has 8 nitrogen and oxygen atoms in total. The molecule has 30 heavy (non-hydrogen) atoms. The maximum atomic E-state index is 12.2. The molecule has 0 saturated carbocycles. The van der Waals surface area contributed by atoms with Crippen LogP contribution in [-0.4, -0.2) is 56.0 Å². The van der Waals surface area contributed by atoms with Gasteiger partial charge in [0.1, 0.15) is 6.61 Å². The van der Waals surface area contributed by atoms with Gasteiger partial charge in [-0.1, -0.05) is 30.3 Å². The molecule has 2 unspecified atom stereocenters.